The first-order valence-corrected chi connectivity index (χ1v) is 4.63. The van der Waals surface area contributed by atoms with Gasteiger partial charge < -0.3 is 10.4 Å². The molecule has 0 atom stereocenters. The van der Waals surface area contributed by atoms with Crippen LogP contribution in [0.4, 0.5) is 5.69 Å². The third kappa shape index (κ3) is 3.80. The molecule has 0 fully saturated rings. The van der Waals surface area contributed by atoms with Gasteiger partial charge in [0.2, 0.25) is 5.91 Å². The number of carbonyl (C=O) groups is 2. The molecule has 1 rings (SSSR count). The second-order valence-corrected chi connectivity index (χ2v) is 3.13. The van der Waals surface area contributed by atoms with E-state index in [4.69, 9.17) is 10.4 Å². The van der Waals surface area contributed by atoms with Crippen LogP contribution >= 0.6 is 0 Å². The molecule has 0 radical (unpaired) electrons. The molecule has 0 aliphatic carbocycles. The molecule has 1 aromatic rings. The van der Waals surface area contributed by atoms with Gasteiger partial charge in [-0.1, -0.05) is 0 Å². The minimum Gasteiger partial charge on any atom is -0.481 e. The number of benzene rings is 1. The highest BCUT2D eigenvalue weighted by molar-refractivity contribution is 5.92. The maximum Gasteiger partial charge on any atom is 0.303 e. The average molecular weight is 218 g/mol. The van der Waals surface area contributed by atoms with Crippen molar-refractivity contribution in [2.75, 3.05) is 5.32 Å². The number of aliphatic carboxylic acids is 1. The molecule has 5 heteroatoms. The molecule has 1 aromatic carbocycles. The van der Waals surface area contributed by atoms with E-state index in [0.717, 1.165) is 0 Å². The van der Waals surface area contributed by atoms with E-state index >= 15 is 0 Å². The Kier molecular flexibility index (Phi) is 4.04. The van der Waals surface area contributed by atoms with Gasteiger partial charge in [0.05, 0.1) is 18.1 Å². The smallest absolute Gasteiger partial charge is 0.303 e. The van der Waals surface area contributed by atoms with Crippen molar-refractivity contribution in [3.8, 4) is 6.07 Å². The number of hydrogen-bond donors (Lipinski definition) is 2. The summed E-state index contributed by atoms with van der Waals surface area (Å²) >= 11 is 0. The molecule has 0 saturated carbocycles. The van der Waals surface area contributed by atoms with Gasteiger partial charge in [-0.15, -0.1) is 0 Å². The van der Waals surface area contributed by atoms with Crippen molar-refractivity contribution < 1.29 is 14.7 Å². The number of carboxylic acids is 1. The van der Waals surface area contributed by atoms with E-state index in [9.17, 15) is 9.59 Å². The molecule has 0 spiro atoms. The van der Waals surface area contributed by atoms with Crippen LogP contribution in [-0.2, 0) is 9.59 Å². The minimum absolute atomic E-state index is 0.0602. The number of nitrogens with one attached hydrogen (secondary N) is 1. The van der Waals surface area contributed by atoms with Gasteiger partial charge in [-0.05, 0) is 24.3 Å². The van der Waals surface area contributed by atoms with Gasteiger partial charge in [0.15, 0.2) is 0 Å². The second-order valence-electron chi connectivity index (χ2n) is 3.13. The van der Waals surface area contributed by atoms with Crippen LogP contribution in [0.1, 0.15) is 18.4 Å². The lowest BCUT2D eigenvalue weighted by Gasteiger charge is -2.03. The zero-order valence-corrected chi connectivity index (χ0v) is 8.43. The number of nitrogens with zero attached hydrogens (tertiary/aromatic N) is 1. The van der Waals surface area contributed by atoms with Gasteiger partial charge in [-0.2, -0.15) is 5.26 Å². The lowest BCUT2D eigenvalue weighted by Crippen LogP contribution is -2.13. The largest absolute Gasteiger partial charge is 0.481 e. The first-order valence-electron chi connectivity index (χ1n) is 4.63. The Balaban J connectivity index is 2.50. The van der Waals surface area contributed by atoms with E-state index in [-0.39, 0.29) is 18.7 Å². The monoisotopic (exact) mass is 218 g/mol. The number of amides is 1. The van der Waals surface area contributed by atoms with E-state index in [1.165, 1.54) is 0 Å². The quantitative estimate of drug-likeness (QED) is 0.798. The fourth-order valence-electron chi connectivity index (χ4n) is 1.07. The number of rotatable bonds is 4. The highest BCUT2D eigenvalue weighted by Gasteiger charge is 2.05. The molecular formula is C11H10N2O3. The molecule has 0 bridgehead atoms. The summed E-state index contributed by atoms with van der Waals surface area (Å²) in [7, 11) is 0. The molecule has 0 aliphatic rings. The molecule has 82 valence electrons. The Morgan fingerprint density at radius 3 is 2.38 bits per heavy atom. The van der Waals surface area contributed by atoms with E-state index in [1.54, 1.807) is 24.3 Å². The third-order valence-electron chi connectivity index (χ3n) is 1.86. The van der Waals surface area contributed by atoms with Crippen molar-refractivity contribution in [2.24, 2.45) is 0 Å². The number of anilines is 1. The van der Waals surface area contributed by atoms with E-state index in [0.29, 0.717) is 11.3 Å². The fraction of sp³-hybridized carbons (Fsp3) is 0.182. The molecule has 0 unspecified atom stereocenters. The summed E-state index contributed by atoms with van der Waals surface area (Å²) < 4.78 is 0. The number of carbonyl (C=O) groups excluding carboxylic acids is 1. The Bertz CT molecular complexity index is 432. The average Bonchev–Trinajstić information content (AvgIpc) is 2.27. The maximum atomic E-state index is 11.2. The van der Waals surface area contributed by atoms with Gasteiger partial charge in [-0.25, -0.2) is 0 Å². The lowest BCUT2D eigenvalue weighted by molar-refractivity contribution is -0.138. The predicted molar refractivity (Wildman–Crippen MR) is 56.7 cm³/mol. The first kappa shape index (κ1) is 11.7. The van der Waals surface area contributed by atoms with Gasteiger partial charge in [-0.3, -0.25) is 9.59 Å². The van der Waals surface area contributed by atoms with Gasteiger partial charge in [0.25, 0.3) is 0 Å². The SMILES string of the molecule is N#Cc1ccc(NC(=O)CCC(=O)O)cc1. The summed E-state index contributed by atoms with van der Waals surface area (Å²) in [6.07, 6.45) is -0.253. The van der Waals surface area contributed by atoms with E-state index < -0.39 is 5.97 Å². The predicted octanol–water partition coefficient (Wildman–Crippen LogP) is 1.36. The summed E-state index contributed by atoms with van der Waals surface area (Å²) in [5.74, 6) is -1.36. The molecule has 0 saturated heterocycles. The highest BCUT2D eigenvalue weighted by atomic mass is 16.4. The van der Waals surface area contributed by atoms with Crippen LogP contribution in [0.3, 0.4) is 0 Å². The van der Waals surface area contributed by atoms with Crippen LogP contribution < -0.4 is 5.32 Å². The number of nitriles is 1. The Hall–Kier alpha value is -2.35. The van der Waals surface area contributed by atoms with Gasteiger partial charge >= 0.3 is 5.97 Å². The zero-order valence-electron chi connectivity index (χ0n) is 8.43. The van der Waals surface area contributed by atoms with Crippen molar-refractivity contribution in [3.05, 3.63) is 29.8 Å². The maximum absolute atomic E-state index is 11.2. The first-order chi connectivity index (χ1) is 7.61. The molecule has 5 nitrogen and oxygen atoms in total. The highest BCUT2D eigenvalue weighted by Crippen LogP contribution is 2.09. The summed E-state index contributed by atoms with van der Waals surface area (Å²) in [5, 5.41) is 19.5. The number of carboxylic acid groups (broad SMARTS) is 1. The van der Waals surface area contributed by atoms with Crippen LogP contribution in [0.5, 0.6) is 0 Å². The fourth-order valence-corrected chi connectivity index (χ4v) is 1.07. The van der Waals surface area contributed by atoms with Crippen LogP contribution in [0.25, 0.3) is 0 Å². The minimum atomic E-state index is -1.00. The third-order valence-corrected chi connectivity index (χ3v) is 1.86. The van der Waals surface area contributed by atoms with Crippen LogP contribution in [0.15, 0.2) is 24.3 Å². The van der Waals surface area contributed by atoms with Crippen LogP contribution in [-0.4, -0.2) is 17.0 Å². The molecule has 1 amide bonds. The molecule has 0 heterocycles. The Morgan fingerprint density at radius 2 is 1.88 bits per heavy atom. The molecule has 0 aromatic heterocycles. The zero-order chi connectivity index (χ0) is 12.0. The lowest BCUT2D eigenvalue weighted by atomic mass is 10.2. The van der Waals surface area contributed by atoms with Crippen molar-refractivity contribution in [1.29, 1.82) is 5.26 Å². The van der Waals surface area contributed by atoms with Gasteiger partial charge in [0, 0.05) is 12.1 Å². The van der Waals surface area contributed by atoms with Gasteiger partial charge in [0.1, 0.15) is 0 Å². The summed E-state index contributed by atoms with van der Waals surface area (Å²) in [6.45, 7) is 0. The van der Waals surface area contributed by atoms with Crippen molar-refractivity contribution >= 4 is 17.6 Å². The molecule has 16 heavy (non-hydrogen) atoms. The summed E-state index contributed by atoms with van der Waals surface area (Å²) in [4.78, 5) is 21.5. The Morgan fingerprint density at radius 1 is 1.25 bits per heavy atom. The molecular weight excluding hydrogens is 208 g/mol. The molecule has 2 N–H and O–H groups in total. The van der Waals surface area contributed by atoms with Crippen LogP contribution in [0.2, 0.25) is 0 Å². The molecule has 0 aliphatic heterocycles. The topological polar surface area (TPSA) is 90.2 Å². The van der Waals surface area contributed by atoms with E-state index in [2.05, 4.69) is 5.32 Å². The normalized spacial score (nSPS) is 9.19. The van der Waals surface area contributed by atoms with E-state index in [1.807, 2.05) is 6.07 Å². The van der Waals surface area contributed by atoms with Crippen LogP contribution in [0, 0.1) is 11.3 Å². The second kappa shape index (κ2) is 5.51. The van der Waals surface area contributed by atoms with Crippen molar-refractivity contribution in [1.82, 2.24) is 0 Å². The Labute approximate surface area is 92.3 Å². The summed E-state index contributed by atoms with van der Waals surface area (Å²) in [5.41, 5.74) is 1.05. The number of hydrogen-bond acceptors (Lipinski definition) is 3. The summed E-state index contributed by atoms with van der Waals surface area (Å²) in [6, 6.07) is 8.30. The van der Waals surface area contributed by atoms with Crippen molar-refractivity contribution in [2.45, 2.75) is 12.8 Å². The standard InChI is InChI=1S/C11H10N2O3/c12-7-8-1-3-9(4-2-8)13-10(14)5-6-11(15)16/h1-4H,5-6H2,(H,13,14)(H,15,16). The van der Waals surface area contributed by atoms with Crippen molar-refractivity contribution in [3.63, 3.8) is 0 Å².